The molecule has 0 unspecified atom stereocenters. The molecule has 0 radical (unpaired) electrons. The van der Waals surface area contributed by atoms with Crippen LogP contribution in [0.25, 0.3) is 55.2 Å². The third-order valence-electron chi connectivity index (χ3n) is 13.1. The van der Waals surface area contributed by atoms with Gasteiger partial charge in [0.1, 0.15) is 63.4 Å². The molecule has 74 heavy (non-hydrogen) atoms. The second-order valence-corrected chi connectivity index (χ2v) is 19.4. The molecule has 20 heteroatoms. The summed E-state index contributed by atoms with van der Waals surface area (Å²) in [7, 11) is -2.38. The largest absolute Gasteiger partial charge is 0.743 e. The van der Waals surface area contributed by atoms with Crippen LogP contribution in [0.2, 0.25) is 20.1 Å². The Bertz CT molecular complexity index is 3790. The minimum absolute atomic E-state index is 0.0932. The number of fused-ring (bicyclic) bond motifs is 5. The van der Waals surface area contributed by atoms with E-state index >= 15 is 0 Å². The molecule has 0 atom stereocenters. The Balaban J connectivity index is 1.30. The van der Waals surface area contributed by atoms with Crippen LogP contribution < -0.4 is 34.1 Å². The van der Waals surface area contributed by atoms with Crippen molar-refractivity contribution in [3.05, 3.63) is 157 Å². The summed E-state index contributed by atoms with van der Waals surface area (Å²) >= 11 is 26.0. The van der Waals surface area contributed by atoms with Crippen molar-refractivity contribution in [2.24, 2.45) is 0 Å². The molecule has 9 aromatic rings. The molecule has 0 bridgehead atoms. The van der Waals surface area contributed by atoms with Crippen LogP contribution in [0.15, 0.2) is 109 Å². The third kappa shape index (κ3) is 8.66. The Hall–Kier alpha value is -7.43. The topological polar surface area (TPSA) is 158 Å². The molecule has 0 saturated carbocycles. The minimum Gasteiger partial charge on any atom is -0.503 e. The minimum atomic E-state index is -1.21. The highest BCUT2D eigenvalue weighted by molar-refractivity contribution is 6.49. The number of benzene rings is 5. The first-order valence-electron chi connectivity index (χ1n) is 23.9. The Morgan fingerprint density at radius 2 is 1.08 bits per heavy atom. The van der Waals surface area contributed by atoms with Crippen LogP contribution in [-0.2, 0) is 0 Å². The van der Waals surface area contributed by atoms with Gasteiger partial charge in [0, 0.05) is 23.0 Å². The number of hydrogen-bond acceptors (Lipinski definition) is 12. The first kappa shape index (κ1) is 48.8. The molecule has 11 rings (SSSR count). The van der Waals surface area contributed by atoms with E-state index in [4.69, 9.17) is 89.7 Å². The van der Waals surface area contributed by atoms with Gasteiger partial charge in [-0.3, -0.25) is 9.97 Å². The van der Waals surface area contributed by atoms with Crippen molar-refractivity contribution in [3.63, 3.8) is 0 Å². The van der Waals surface area contributed by atoms with Crippen LogP contribution in [0.1, 0.15) is 57.1 Å². The maximum Gasteiger partial charge on any atom is 0.743 e. The summed E-state index contributed by atoms with van der Waals surface area (Å²) in [6.45, 7) is 11.7. The zero-order valence-electron chi connectivity index (χ0n) is 40.2. The first-order valence-corrected chi connectivity index (χ1v) is 25.4. The second-order valence-electron chi connectivity index (χ2n) is 17.8. The number of hydrogen-bond donors (Lipinski definition) is 0. The zero-order valence-corrected chi connectivity index (χ0v) is 43.3. The number of halogens is 4. The smallest absolute Gasteiger partial charge is 0.503 e. The Labute approximate surface area is 445 Å². The average Bonchev–Trinajstić information content (AvgIpc) is 4.19. The third-order valence-corrected chi connectivity index (χ3v) is 14.5. The summed E-state index contributed by atoms with van der Waals surface area (Å²) in [4.78, 5) is 21.8. The highest BCUT2D eigenvalue weighted by Crippen LogP contribution is 2.41. The van der Waals surface area contributed by atoms with E-state index in [0.29, 0.717) is 106 Å². The number of nitriles is 2. The zero-order chi connectivity index (χ0) is 51.4. The van der Waals surface area contributed by atoms with E-state index in [1.165, 1.54) is 12.4 Å². The van der Waals surface area contributed by atoms with Gasteiger partial charge in [0.2, 0.25) is 0 Å². The van der Waals surface area contributed by atoms with Crippen molar-refractivity contribution in [3.8, 4) is 52.1 Å². The van der Waals surface area contributed by atoms with Crippen molar-refractivity contribution >= 4 is 105 Å². The quantitative estimate of drug-likeness (QED) is 0.0796. The Morgan fingerprint density at radius 3 is 1.53 bits per heavy atom. The van der Waals surface area contributed by atoms with E-state index in [-0.39, 0.29) is 38.5 Å². The molecule has 6 heterocycles. The number of nitrogens with zero attached hydrogens (tertiary/aromatic N) is 9. The van der Waals surface area contributed by atoms with E-state index in [9.17, 15) is 10.5 Å². The van der Waals surface area contributed by atoms with Crippen LogP contribution in [0.5, 0.6) is 28.7 Å². The lowest BCUT2D eigenvalue weighted by molar-refractivity contribution is 0.249. The summed E-state index contributed by atoms with van der Waals surface area (Å²) in [6.07, 6.45) is 3.88. The van der Waals surface area contributed by atoms with E-state index < -0.39 is 14.5 Å². The van der Waals surface area contributed by atoms with Gasteiger partial charge in [-0.2, -0.15) is 10.5 Å². The average molecular weight is 1060 g/mol. The molecule has 0 spiro atoms. The first-order chi connectivity index (χ1) is 36.0. The maximum atomic E-state index is 11.7. The number of ether oxygens (including phenoxy) is 1. The lowest BCUT2D eigenvalue weighted by Crippen LogP contribution is -2.45. The molecular formula is C54H41B2Cl4N9O5. The van der Waals surface area contributed by atoms with Gasteiger partial charge in [0.05, 0.1) is 77.6 Å². The Kier molecular flexibility index (Phi) is 13.3. The summed E-state index contributed by atoms with van der Waals surface area (Å²) in [5.74, 6) is 2.23. The fourth-order valence-corrected chi connectivity index (χ4v) is 10.3. The van der Waals surface area contributed by atoms with Crippen LogP contribution in [0.4, 0.5) is 0 Å². The molecule has 2 aliphatic rings. The van der Waals surface area contributed by atoms with E-state index in [1.807, 2.05) is 95.6 Å². The van der Waals surface area contributed by atoms with Gasteiger partial charge in [-0.05, 0) is 104 Å². The molecular weight excluding hydrogens is 1020 g/mol. The van der Waals surface area contributed by atoms with E-state index in [2.05, 4.69) is 30.9 Å². The summed E-state index contributed by atoms with van der Waals surface area (Å²) in [5, 5.41) is 26.3. The van der Waals surface area contributed by atoms with Crippen molar-refractivity contribution in [2.45, 2.75) is 40.0 Å². The molecule has 14 nitrogen and oxygen atoms in total. The van der Waals surface area contributed by atoms with Crippen molar-refractivity contribution in [1.82, 2.24) is 33.8 Å². The number of aromatic nitrogens is 6. The highest BCUT2D eigenvalue weighted by Gasteiger charge is 2.45. The van der Waals surface area contributed by atoms with Crippen LogP contribution >= 0.6 is 46.4 Å². The summed E-state index contributed by atoms with van der Waals surface area (Å²) in [5.41, 5.74) is 4.11. The summed E-state index contributed by atoms with van der Waals surface area (Å²) in [6, 6.07) is 33.8. The predicted octanol–water partition coefficient (Wildman–Crippen LogP) is 10.9. The SMILES string of the molecule is CCN(CC)CCCOc1ccc(-c2c3/c(=C(\C#N)c4cnc5cc(Cl)c(Cl)cc5n4)n(B4Oc5ccccc5O4)c(C(C)C)c3/c(=C(\C#N)c3cnc4cc(Cl)c(Cl)cc4n3)n2B2Oc3ccccc3O2)cc1. The van der Waals surface area contributed by atoms with Gasteiger partial charge in [-0.15, -0.1) is 0 Å². The predicted molar refractivity (Wildman–Crippen MR) is 290 cm³/mol. The fourth-order valence-electron chi connectivity index (χ4n) is 9.63. The van der Waals surface area contributed by atoms with Crippen LogP contribution in [-0.4, -0.2) is 74.5 Å². The van der Waals surface area contributed by atoms with Crippen molar-refractivity contribution in [1.29, 1.82) is 10.5 Å². The Morgan fingerprint density at radius 1 is 0.635 bits per heavy atom. The van der Waals surface area contributed by atoms with Gasteiger partial charge in [0.25, 0.3) is 0 Å². The molecule has 366 valence electrons. The number of rotatable bonds is 13. The fraction of sp³-hybridized carbons (Fsp3) is 0.185. The molecule has 0 N–H and O–H groups in total. The number of para-hydroxylation sites is 4. The van der Waals surface area contributed by atoms with E-state index in [0.717, 1.165) is 26.1 Å². The van der Waals surface area contributed by atoms with Crippen LogP contribution in [0, 0.1) is 22.7 Å². The van der Waals surface area contributed by atoms with Crippen molar-refractivity contribution < 1.29 is 23.4 Å². The monoisotopic (exact) mass is 1060 g/mol. The molecule has 0 fully saturated rings. The standard InChI is InChI=1S/C54H41B2Cl4N9O5/c1-5-67(6-2)20-11-21-70-32-18-16-31(17-19-32)52-50-49(53(69(52)56-73-47-14-9-10-15-48(47)74-56)33(26-61)43-28-63-39-22-35(57)37(59)24-41(39)65-43)51(30(3)4)68(55-71-45-12-7-8-13-46(45)72-55)54(50)34(27-62)44-29-64-40-23-36(58)38(60)25-42(40)66-44/h7-10,12-19,22-25,28-30H,5-6,11,20-21H2,1-4H3/b53-33-,54-34-. The summed E-state index contributed by atoms with van der Waals surface area (Å²) < 4.78 is 36.9. The molecule has 0 saturated heterocycles. The second kappa shape index (κ2) is 20.1. The van der Waals surface area contributed by atoms with E-state index in [1.54, 1.807) is 24.3 Å². The molecule has 5 aromatic carbocycles. The van der Waals surface area contributed by atoms with Gasteiger partial charge in [0.15, 0.2) is 0 Å². The van der Waals surface area contributed by atoms with Gasteiger partial charge in [-0.25, -0.2) is 9.97 Å². The highest BCUT2D eigenvalue weighted by atomic mass is 35.5. The molecule has 0 amide bonds. The molecule has 4 aromatic heterocycles. The van der Waals surface area contributed by atoms with Gasteiger partial charge >= 0.3 is 14.5 Å². The van der Waals surface area contributed by atoms with Crippen molar-refractivity contribution in [2.75, 3.05) is 26.2 Å². The molecule has 0 aliphatic carbocycles. The van der Waals surface area contributed by atoms with Gasteiger partial charge < -0.3 is 37.2 Å². The molecule has 2 aliphatic heterocycles. The van der Waals surface area contributed by atoms with Crippen LogP contribution in [0.3, 0.4) is 0 Å². The maximum absolute atomic E-state index is 11.7. The lowest BCUT2D eigenvalue weighted by Gasteiger charge is -2.18. The normalized spacial score (nSPS) is 13.6. The van der Waals surface area contributed by atoms with Gasteiger partial charge in [-0.1, -0.05) is 98.4 Å². The lowest BCUT2D eigenvalue weighted by atomic mass is 10.00.